The molecule has 0 fully saturated rings. The first-order valence-electron chi connectivity index (χ1n) is 8.67. The third-order valence-electron chi connectivity index (χ3n) is 4.05. The largest absolute Gasteiger partial charge is 0.416 e. The van der Waals surface area contributed by atoms with E-state index in [1.807, 2.05) is 12.1 Å². The first-order chi connectivity index (χ1) is 11.6. The molecule has 0 unspecified atom stereocenters. The smallest absolute Gasteiger partial charge is 0.312 e. The van der Waals surface area contributed by atoms with Crippen LogP contribution in [0.4, 0.5) is 13.2 Å². The number of nitrogens with one attached hydrogen (secondary N) is 1. The van der Waals surface area contributed by atoms with Crippen molar-refractivity contribution < 1.29 is 13.2 Å². The lowest BCUT2D eigenvalue weighted by molar-refractivity contribution is -0.137. The molecule has 1 N–H and O–H groups in total. The molecule has 1 nitrogen and oxygen atoms in total. The highest BCUT2D eigenvalue weighted by Crippen LogP contribution is 2.31. The van der Waals surface area contributed by atoms with Gasteiger partial charge in [-0.3, -0.25) is 0 Å². The van der Waals surface area contributed by atoms with Gasteiger partial charge in [0.1, 0.15) is 0 Å². The predicted octanol–water partition coefficient (Wildman–Crippen LogP) is 6.08. The van der Waals surface area contributed by atoms with E-state index in [2.05, 4.69) is 38.2 Å². The summed E-state index contributed by atoms with van der Waals surface area (Å²) < 4.78 is 37.8. The SMILES string of the molecule is CC(C)(C)NCCCCc1ccc(-c2ccc(C(F)(F)F)cc2)cc1. The Hall–Kier alpha value is -1.81. The average Bonchev–Trinajstić information content (AvgIpc) is 2.53. The highest BCUT2D eigenvalue weighted by atomic mass is 19.4. The summed E-state index contributed by atoms with van der Waals surface area (Å²) >= 11 is 0. The van der Waals surface area contributed by atoms with Crippen molar-refractivity contribution in [3.05, 3.63) is 59.7 Å². The van der Waals surface area contributed by atoms with Crippen LogP contribution in [0.2, 0.25) is 0 Å². The molecule has 0 aromatic heterocycles. The molecule has 0 saturated carbocycles. The molecule has 0 aliphatic heterocycles. The van der Waals surface area contributed by atoms with Crippen molar-refractivity contribution in [1.82, 2.24) is 5.32 Å². The van der Waals surface area contributed by atoms with Gasteiger partial charge < -0.3 is 5.32 Å². The van der Waals surface area contributed by atoms with Gasteiger partial charge >= 0.3 is 6.18 Å². The van der Waals surface area contributed by atoms with Crippen LogP contribution in [0.5, 0.6) is 0 Å². The van der Waals surface area contributed by atoms with Crippen LogP contribution in [0, 0.1) is 0 Å². The molecule has 2 aromatic rings. The molecule has 2 aromatic carbocycles. The second-order valence-corrected chi connectivity index (χ2v) is 7.41. The van der Waals surface area contributed by atoms with E-state index < -0.39 is 11.7 Å². The molecule has 0 aliphatic carbocycles. The second-order valence-electron chi connectivity index (χ2n) is 7.41. The van der Waals surface area contributed by atoms with Gasteiger partial charge in [-0.1, -0.05) is 36.4 Å². The Morgan fingerprint density at radius 1 is 0.760 bits per heavy atom. The van der Waals surface area contributed by atoms with Crippen LogP contribution >= 0.6 is 0 Å². The molecular formula is C21H26F3N. The first kappa shape index (κ1) is 19.5. The van der Waals surface area contributed by atoms with Crippen molar-refractivity contribution in [2.24, 2.45) is 0 Å². The zero-order valence-corrected chi connectivity index (χ0v) is 15.1. The van der Waals surface area contributed by atoms with Crippen LogP contribution in [-0.4, -0.2) is 12.1 Å². The molecular weight excluding hydrogens is 323 g/mol. The molecule has 0 amide bonds. The van der Waals surface area contributed by atoms with E-state index in [0.29, 0.717) is 0 Å². The summed E-state index contributed by atoms with van der Waals surface area (Å²) in [5.41, 5.74) is 2.53. The van der Waals surface area contributed by atoms with Crippen LogP contribution in [0.15, 0.2) is 48.5 Å². The Balaban J connectivity index is 1.87. The minimum absolute atomic E-state index is 0.156. The molecule has 136 valence electrons. The van der Waals surface area contributed by atoms with E-state index in [9.17, 15) is 13.2 Å². The van der Waals surface area contributed by atoms with E-state index in [0.717, 1.165) is 49.1 Å². The number of rotatable bonds is 6. The number of benzene rings is 2. The predicted molar refractivity (Wildman–Crippen MR) is 97.6 cm³/mol. The fourth-order valence-electron chi connectivity index (χ4n) is 2.63. The Kier molecular flexibility index (Phi) is 6.28. The number of hydrogen-bond acceptors (Lipinski definition) is 1. The zero-order valence-electron chi connectivity index (χ0n) is 15.1. The van der Waals surface area contributed by atoms with Crippen molar-refractivity contribution in [2.45, 2.75) is 51.7 Å². The van der Waals surface area contributed by atoms with E-state index in [4.69, 9.17) is 0 Å². The van der Waals surface area contributed by atoms with Crippen LogP contribution in [0.3, 0.4) is 0 Å². The second kappa shape index (κ2) is 8.05. The van der Waals surface area contributed by atoms with Crippen LogP contribution < -0.4 is 5.32 Å². The number of unbranched alkanes of at least 4 members (excludes halogenated alkanes) is 1. The number of hydrogen-bond donors (Lipinski definition) is 1. The molecule has 0 bridgehead atoms. The first-order valence-corrected chi connectivity index (χ1v) is 8.67. The summed E-state index contributed by atoms with van der Waals surface area (Å²) in [6.45, 7) is 7.49. The zero-order chi connectivity index (χ0) is 18.5. The van der Waals surface area contributed by atoms with Gasteiger partial charge in [0.15, 0.2) is 0 Å². The van der Waals surface area contributed by atoms with Gasteiger partial charge in [0.05, 0.1) is 5.56 Å². The molecule has 0 heterocycles. The highest BCUT2D eigenvalue weighted by molar-refractivity contribution is 5.64. The lowest BCUT2D eigenvalue weighted by atomic mass is 10.0. The van der Waals surface area contributed by atoms with Gasteiger partial charge in [-0.15, -0.1) is 0 Å². The summed E-state index contributed by atoms with van der Waals surface area (Å²) in [4.78, 5) is 0. The molecule has 0 radical (unpaired) electrons. The van der Waals surface area contributed by atoms with Crippen LogP contribution in [0.25, 0.3) is 11.1 Å². The van der Waals surface area contributed by atoms with Crippen LogP contribution in [-0.2, 0) is 12.6 Å². The van der Waals surface area contributed by atoms with Gasteiger partial charge in [0.25, 0.3) is 0 Å². The summed E-state index contributed by atoms with van der Waals surface area (Å²) in [5.74, 6) is 0. The lowest BCUT2D eigenvalue weighted by Gasteiger charge is -2.20. The molecule has 25 heavy (non-hydrogen) atoms. The Morgan fingerprint density at radius 2 is 1.28 bits per heavy atom. The standard InChI is InChI=1S/C21H26F3N/c1-20(2,3)25-15-5-4-6-16-7-9-17(10-8-16)18-11-13-19(14-12-18)21(22,23)24/h7-14,25H,4-6,15H2,1-3H3. The quantitative estimate of drug-likeness (QED) is 0.623. The maximum atomic E-state index is 12.6. The van der Waals surface area contributed by atoms with Crippen molar-refractivity contribution in [3.63, 3.8) is 0 Å². The Morgan fingerprint density at radius 3 is 1.76 bits per heavy atom. The highest BCUT2D eigenvalue weighted by Gasteiger charge is 2.29. The normalized spacial score (nSPS) is 12.4. The minimum Gasteiger partial charge on any atom is -0.312 e. The van der Waals surface area contributed by atoms with E-state index in [1.54, 1.807) is 0 Å². The van der Waals surface area contributed by atoms with E-state index in [1.165, 1.54) is 17.7 Å². The Labute approximate surface area is 148 Å². The monoisotopic (exact) mass is 349 g/mol. The molecule has 0 atom stereocenters. The number of alkyl halides is 3. The number of halogens is 3. The summed E-state index contributed by atoms with van der Waals surface area (Å²) in [6, 6.07) is 13.4. The van der Waals surface area contributed by atoms with Gasteiger partial charge in [0.2, 0.25) is 0 Å². The minimum atomic E-state index is -4.29. The van der Waals surface area contributed by atoms with Crippen molar-refractivity contribution in [1.29, 1.82) is 0 Å². The molecule has 4 heteroatoms. The summed E-state index contributed by atoms with van der Waals surface area (Å²) in [6.07, 6.45) is -1.04. The van der Waals surface area contributed by atoms with Gasteiger partial charge in [-0.25, -0.2) is 0 Å². The molecule has 0 saturated heterocycles. The third kappa shape index (κ3) is 6.54. The summed E-state index contributed by atoms with van der Waals surface area (Å²) in [5, 5.41) is 3.47. The molecule has 2 rings (SSSR count). The van der Waals surface area contributed by atoms with E-state index >= 15 is 0 Å². The van der Waals surface area contributed by atoms with Gasteiger partial charge in [-0.2, -0.15) is 13.2 Å². The lowest BCUT2D eigenvalue weighted by Crippen LogP contribution is -2.36. The van der Waals surface area contributed by atoms with Gasteiger partial charge in [-0.05, 0) is 75.4 Å². The topological polar surface area (TPSA) is 12.0 Å². The fraction of sp³-hybridized carbons (Fsp3) is 0.429. The van der Waals surface area contributed by atoms with E-state index in [-0.39, 0.29) is 5.54 Å². The van der Waals surface area contributed by atoms with Crippen LogP contribution in [0.1, 0.15) is 44.7 Å². The van der Waals surface area contributed by atoms with Crippen molar-refractivity contribution in [3.8, 4) is 11.1 Å². The number of aryl methyl sites for hydroxylation is 1. The maximum Gasteiger partial charge on any atom is 0.416 e. The third-order valence-corrected chi connectivity index (χ3v) is 4.05. The summed E-state index contributed by atoms with van der Waals surface area (Å²) in [7, 11) is 0. The van der Waals surface area contributed by atoms with Crippen molar-refractivity contribution in [2.75, 3.05) is 6.54 Å². The van der Waals surface area contributed by atoms with Gasteiger partial charge in [0, 0.05) is 5.54 Å². The average molecular weight is 349 g/mol. The fourth-order valence-corrected chi connectivity index (χ4v) is 2.63. The molecule has 0 aliphatic rings. The Bertz CT molecular complexity index is 650. The molecule has 0 spiro atoms. The van der Waals surface area contributed by atoms with Crippen molar-refractivity contribution >= 4 is 0 Å². The maximum absolute atomic E-state index is 12.6.